The van der Waals surface area contributed by atoms with Crippen LogP contribution in [0.25, 0.3) is 0 Å². The van der Waals surface area contributed by atoms with Crippen LogP contribution in [0.15, 0.2) is 87.5 Å². The second-order valence-corrected chi connectivity index (χ2v) is 9.82. The number of halogens is 1. The van der Waals surface area contributed by atoms with E-state index in [9.17, 15) is 0 Å². The van der Waals surface area contributed by atoms with E-state index in [0.717, 1.165) is 50.9 Å². The van der Waals surface area contributed by atoms with Crippen molar-refractivity contribution in [3.63, 3.8) is 0 Å². The molecule has 4 rings (SSSR count). The van der Waals surface area contributed by atoms with E-state index in [2.05, 4.69) is 88.5 Å². The number of aromatic nitrogens is 3. The largest absolute Gasteiger partial charge is 0.489 e. The molecule has 0 saturated heterocycles. The van der Waals surface area contributed by atoms with E-state index in [1.165, 1.54) is 11.1 Å². The first-order valence-corrected chi connectivity index (χ1v) is 13.0. The van der Waals surface area contributed by atoms with E-state index >= 15 is 0 Å². The fourth-order valence-corrected chi connectivity index (χ4v) is 4.36. The highest BCUT2D eigenvalue weighted by atomic mass is 79.9. The minimum absolute atomic E-state index is 0.549. The zero-order valence-corrected chi connectivity index (χ0v) is 21.7. The summed E-state index contributed by atoms with van der Waals surface area (Å²) in [6.45, 7) is 4.76. The van der Waals surface area contributed by atoms with Crippen molar-refractivity contribution in [1.82, 2.24) is 14.9 Å². The molecule has 0 aliphatic carbocycles. The molecule has 0 unspecified atom stereocenters. The van der Waals surface area contributed by atoms with E-state index in [1.54, 1.807) is 11.8 Å². The predicted octanol–water partition coefficient (Wildman–Crippen LogP) is 7.06. The average Bonchev–Trinajstić information content (AvgIpc) is 3.24. The third-order valence-corrected chi connectivity index (χ3v) is 6.68. The van der Waals surface area contributed by atoms with Crippen LogP contribution in [-0.2, 0) is 18.8 Å². The molecule has 0 atom stereocenters. The number of nitrogens with zero attached hydrogens (tertiary/aromatic N) is 4. The van der Waals surface area contributed by atoms with Crippen molar-refractivity contribution >= 4 is 33.9 Å². The lowest BCUT2D eigenvalue weighted by molar-refractivity contribution is 0.306. The van der Waals surface area contributed by atoms with Gasteiger partial charge >= 0.3 is 0 Å². The average molecular weight is 536 g/mol. The summed E-state index contributed by atoms with van der Waals surface area (Å²) in [5.74, 6) is 2.51. The molecule has 0 amide bonds. The van der Waals surface area contributed by atoms with Gasteiger partial charge in [0.15, 0.2) is 5.82 Å². The Morgan fingerprint density at radius 1 is 0.941 bits per heavy atom. The quantitative estimate of drug-likeness (QED) is 0.161. The van der Waals surface area contributed by atoms with Crippen LogP contribution < -0.4 is 4.74 Å². The molecular weight excluding hydrogens is 508 g/mol. The maximum absolute atomic E-state index is 5.91. The van der Waals surface area contributed by atoms with Gasteiger partial charge in [0.1, 0.15) is 12.4 Å². The zero-order valence-electron chi connectivity index (χ0n) is 19.3. The van der Waals surface area contributed by atoms with Gasteiger partial charge in [-0.25, -0.2) is 0 Å². The second kappa shape index (κ2) is 12.0. The van der Waals surface area contributed by atoms with Crippen LogP contribution in [0.3, 0.4) is 0 Å². The summed E-state index contributed by atoms with van der Waals surface area (Å²) < 4.78 is 8.84. The summed E-state index contributed by atoms with van der Waals surface area (Å²) in [5, 5.41) is 14.3. The molecule has 0 saturated carbocycles. The Kier molecular flexibility index (Phi) is 8.55. The minimum Gasteiger partial charge on any atom is -0.489 e. The maximum Gasteiger partial charge on any atom is 0.212 e. The first-order valence-electron chi connectivity index (χ1n) is 11.2. The lowest BCUT2D eigenvalue weighted by atomic mass is 10.2. The third-order valence-electron chi connectivity index (χ3n) is 5.16. The number of hydrogen-bond donors (Lipinski definition) is 0. The molecule has 1 aromatic heterocycles. The Balaban J connectivity index is 1.41. The third kappa shape index (κ3) is 6.81. The predicted molar refractivity (Wildman–Crippen MR) is 143 cm³/mol. The van der Waals surface area contributed by atoms with Gasteiger partial charge in [0.25, 0.3) is 0 Å². The lowest BCUT2D eigenvalue weighted by Crippen LogP contribution is -2.00. The topological polar surface area (TPSA) is 52.3 Å². The smallest absolute Gasteiger partial charge is 0.212 e. The Bertz CT molecular complexity index is 1220. The highest BCUT2D eigenvalue weighted by Gasteiger charge is 2.11. The number of thioether (sulfide) groups is 1. The molecule has 5 nitrogen and oxygen atoms in total. The van der Waals surface area contributed by atoms with Crippen LogP contribution in [0.5, 0.6) is 5.75 Å². The van der Waals surface area contributed by atoms with Crippen molar-refractivity contribution in [2.45, 2.75) is 44.2 Å². The number of aryl methyl sites for hydroxylation is 2. The standard InChI is InChI=1S/C27H27BrN4OS/c1-3-4-26-30-31-27(34-19-23-9-13-24(28)14-10-23)32(26)29-17-21-11-15-25(16-12-21)33-18-22-7-5-20(2)6-8-22/h5-17H,3-4,18-19H2,1-2H3/b29-17+. The van der Waals surface area contributed by atoms with Crippen LogP contribution in [0, 0.1) is 6.92 Å². The van der Waals surface area contributed by atoms with Gasteiger partial charge in [0, 0.05) is 16.6 Å². The van der Waals surface area contributed by atoms with Crippen molar-refractivity contribution in [3.8, 4) is 5.75 Å². The van der Waals surface area contributed by atoms with Gasteiger partial charge in [-0.05, 0) is 66.4 Å². The zero-order chi connectivity index (χ0) is 23.8. The van der Waals surface area contributed by atoms with Gasteiger partial charge in [-0.15, -0.1) is 10.2 Å². The van der Waals surface area contributed by atoms with Gasteiger partial charge in [0.05, 0.1) is 6.21 Å². The summed E-state index contributed by atoms with van der Waals surface area (Å²) in [7, 11) is 0. The molecule has 0 spiro atoms. The molecule has 1 heterocycles. The van der Waals surface area contributed by atoms with E-state index in [4.69, 9.17) is 9.84 Å². The Labute approximate surface area is 213 Å². The van der Waals surface area contributed by atoms with Gasteiger partial charge < -0.3 is 4.74 Å². The van der Waals surface area contributed by atoms with Crippen LogP contribution in [0.1, 0.15) is 41.4 Å². The SMILES string of the molecule is CCCc1nnc(SCc2ccc(Br)cc2)n1/N=C/c1ccc(OCc2ccc(C)cc2)cc1. The monoisotopic (exact) mass is 534 g/mol. The number of ether oxygens (including phenoxy) is 1. The molecule has 7 heteroatoms. The van der Waals surface area contributed by atoms with Crippen LogP contribution in [-0.4, -0.2) is 21.1 Å². The molecule has 174 valence electrons. The van der Waals surface area contributed by atoms with Crippen LogP contribution in [0.2, 0.25) is 0 Å². The summed E-state index contributed by atoms with van der Waals surface area (Å²) in [6.07, 6.45) is 3.66. The fourth-order valence-electron chi connectivity index (χ4n) is 3.24. The first kappa shape index (κ1) is 24.2. The molecule has 0 fully saturated rings. The molecule has 0 bridgehead atoms. The molecule has 0 radical (unpaired) electrons. The van der Waals surface area contributed by atoms with Gasteiger partial charge in [-0.1, -0.05) is 76.6 Å². The highest BCUT2D eigenvalue weighted by Crippen LogP contribution is 2.23. The van der Waals surface area contributed by atoms with Crippen LogP contribution in [0.4, 0.5) is 0 Å². The molecular formula is C27H27BrN4OS. The Hall–Kier alpha value is -2.90. The molecule has 0 aliphatic rings. The second-order valence-electron chi connectivity index (χ2n) is 7.96. The van der Waals surface area contributed by atoms with Crippen molar-refractivity contribution in [1.29, 1.82) is 0 Å². The minimum atomic E-state index is 0.549. The summed E-state index contributed by atoms with van der Waals surface area (Å²) >= 11 is 5.12. The summed E-state index contributed by atoms with van der Waals surface area (Å²) in [4.78, 5) is 0. The van der Waals surface area contributed by atoms with Gasteiger partial charge in [0.2, 0.25) is 5.16 Å². The number of hydrogen-bond acceptors (Lipinski definition) is 5. The summed E-state index contributed by atoms with van der Waals surface area (Å²) in [6, 6.07) is 24.7. The number of rotatable bonds is 10. The van der Waals surface area contributed by atoms with Gasteiger partial charge in [-0.3, -0.25) is 0 Å². The first-order chi connectivity index (χ1) is 16.6. The van der Waals surface area contributed by atoms with Crippen molar-refractivity contribution in [2.24, 2.45) is 5.10 Å². The molecule has 4 aromatic rings. The van der Waals surface area contributed by atoms with Crippen molar-refractivity contribution in [3.05, 3.63) is 105 Å². The lowest BCUT2D eigenvalue weighted by Gasteiger charge is -2.07. The highest BCUT2D eigenvalue weighted by molar-refractivity contribution is 9.10. The Morgan fingerprint density at radius 2 is 1.65 bits per heavy atom. The van der Waals surface area contributed by atoms with E-state index in [0.29, 0.717) is 6.61 Å². The van der Waals surface area contributed by atoms with E-state index in [1.807, 2.05) is 35.2 Å². The van der Waals surface area contributed by atoms with Crippen LogP contribution >= 0.6 is 27.7 Å². The molecule has 0 N–H and O–H groups in total. The fraction of sp³-hybridized carbons (Fsp3) is 0.222. The summed E-state index contributed by atoms with van der Waals surface area (Å²) in [5.41, 5.74) is 4.62. The Morgan fingerprint density at radius 3 is 2.35 bits per heavy atom. The van der Waals surface area contributed by atoms with Crippen molar-refractivity contribution < 1.29 is 4.74 Å². The van der Waals surface area contributed by atoms with E-state index < -0.39 is 0 Å². The van der Waals surface area contributed by atoms with Crippen molar-refractivity contribution in [2.75, 3.05) is 0 Å². The number of benzene rings is 3. The molecule has 3 aromatic carbocycles. The normalized spacial score (nSPS) is 11.3. The molecule has 34 heavy (non-hydrogen) atoms. The maximum atomic E-state index is 5.91. The van der Waals surface area contributed by atoms with Gasteiger partial charge in [-0.2, -0.15) is 9.78 Å². The molecule has 0 aliphatic heterocycles. The van der Waals surface area contributed by atoms with E-state index in [-0.39, 0.29) is 0 Å².